The number of aromatic amines is 1. The first-order valence-corrected chi connectivity index (χ1v) is 6.31. The monoisotopic (exact) mass is 289 g/mol. The van der Waals surface area contributed by atoms with Gasteiger partial charge in [0.15, 0.2) is 6.10 Å². The second-order valence-electron chi connectivity index (χ2n) is 4.49. The largest absolute Gasteiger partial charge is 0.480 e. The Hall–Kier alpha value is -2.67. The SMILES string of the molecule is O=C(N[C@H](Cc1cnc[nH]1)C(=O)O)C(O)c1ccccc1. The van der Waals surface area contributed by atoms with E-state index in [-0.39, 0.29) is 6.42 Å². The normalized spacial score (nSPS) is 13.4. The van der Waals surface area contributed by atoms with E-state index < -0.39 is 24.0 Å². The number of aliphatic hydroxyl groups is 1. The number of aliphatic carboxylic acids is 1. The van der Waals surface area contributed by atoms with E-state index in [1.54, 1.807) is 30.3 Å². The molecule has 1 aromatic carbocycles. The van der Waals surface area contributed by atoms with Crippen LogP contribution in [0.2, 0.25) is 0 Å². The molecule has 2 rings (SSSR count). The van der Waals surface area contributed by atoms with Crippen molar-refractivity contribution in [1.29, 1.82) is 0 Å². The molecule has 21 heavy (non-hydrogen) atoms. The Bertz CT molecular complexity index is 598. The third-order valence-corrected chi connectivity index (χ3v) is 2.96. The fourth-order valence-electron chi connectivity index (χ4n) is 1.85. The van der Waals surface area contributed by atoms with E-state index in [4.69, 9.17) is 5.11 Å². The van der Waals surface area contributed by atoms with Crippen LogP contribution in [-0.4, -0.2) is 38.1 Å². The van der Waals surface area contributed by atoms with E-state index in [2.05, 4.69) is 15.3 Å². The van der Waals surface area contributed by atoms with E-state index in [0.717, 1.165) is 0 Å². The number of benzene rings is 1. The Morgan fingerprint density at radius 1 is 1.29 bits per heavy atom. The number of nitrogens with zero attached hydrogens (tertiary/aromatic N) is 1. The van der Waals surface area contributed by atoms with Gasteiger partial charge in [-0.25, -0.2) is 9.78 Å². The van der Waals surface area contributed by atoms with Gasteiger partial charge in [0.1, 0.15) is 6.04 Å². The smallest absolute Gasteiger partial charge is 0.326 e. The summed E-state index contributed by atoms with van der Waals surface area (Å²) in [4.78, 5) is 29.7. The summed E-state index contributed by atoms with van der Waals surface area (Å²) >= 11 is 0. The fourth-order valence-corrected chi connectivity index (χ4v) is 1.85. The molecular weight excluding hydrogens is 274 g/mol. The number of amides is 1. The molecule has 0 spiro atoms. The van der Waals surface area contributed by atoms with Gasteiger partial charge in [0.25, 0.3) is 5.91 Å². The second kappa shape index (κ2) is 6.67. The van der Waals surface area contributed by atoms with Crippen molar-refractivity contribution in [2.24, 2.45) is 0 Å². The molecule has 1 unspecified atom stereocenters. The molecule has 1 aromatic heterocycles. The van der Waals surface area contributed by atoms with Crippen LogP contribution in [0.4, 0.5) is 0 Å². The maximum absolute atomic E-state index is 11.9. The average Bonchev–Trinajstić information content (AvgIpc) is 2.99. The van der Waals surface area contributed by atoms with Gasteiger partial charge in [0.2, 0.25) is 0 Å². The summed E-state index contributed by atoms with van der Waals surface area (Å²) in [5, 5.41) is 21.4. The zero-order chi connectivity index (χ0) is 15.2. The van der Waals surface area contributed by atoms with Crippen LogP contribution in [0.15, 0.2) is 42.9 Å². The van der Waals surface area contributed by atoms with Crippen LogP contribution in [0.1, 0.15) is 17.4 Å². The summed E-state index contributed by atoms with van der Waals surface area (Å²) in [6.45, 7) is 0. The molecule has 110 valence electrons. The highest BCUT2D eigenvalue weighted by Crippen LogP contribution is 2.12. The molecule has 0 aliphatic heterocycles. The molecule has 4 N–H and O–H groups in total. The second-order valence-corrected chi connectivity index (χ2v) is 4.49. The number of carbonyl (C=O) groups is 2. The van der Waals surface area contributed by atoms with Crippen LogP contribution in [0.3, 0.4) is 0 Å². The first-order valence-electron chi connectivity index (χ1n) is 6.31. The Morgan fingerprint density at radius 2 is 2.00 bits per heavy atom. The minimum absolute atomic E-state index is 0.0581. The molecule has 2 atom stereocenters. The number of carbonyl (C=O) groups excluding carboxylic acids is 1. The maximum Gasteiger partial charge on any atom is 0.326 e. The highest BCUT2D eigenvalue weighted by Gasteiger charge is 2.25. The van der Waals surface area contributed by atoms with Crippen molar-refractivity contribution < 1.29 is 19.8 Å². The third kappa shape index (κ3) is 3.90. The Labute approximate surface area is 120 Å². The number of H-pyrrole nitrogens is 1. The molecule has 0 aliphatic rings. The van der Waals surface area contributed by atoms with Crippen LogP contribution < -0.4 is 5.32 Å². The molecule has 7 heteroatoms. The lowest BCUT2D eigenvalue weighted by molar-refractivity contribution is -0.143. The molecule has 1 heterocycles. The lowest BCUT2D eigenvalue weighted by atomic mass is 10.1. The van der Waals surface area contributed by atoms with Crippen molar-refractivity contribution in [3.05, 3.63) is 54.1 Å². The standard InChI is InChI=1S/C14H15N3O4/c18-12(9-4-2-1-3-5-9)13(19)17-11(14(20)21)6-10-7-15-8-16-10/h1-5,7-8,11-12,18H,6H2,(H,15,16)(H,17,19)(H,20,21)/t11-,12?/m1/s1. The van der Waals surface area contributed by atoms with Crippen molar-refractivity contribution in [3.8, 4) is 0 Å². The topological polar surface area (TPSA) is 115 Å². The quantitative estimate of drug-likeness (QED) is 0.608. The Kier molecular flexibility index (Phi) is 4.68. The number of carboxylic acid groups (broad SMARTS) is 1. The summed E-state index contributed by atoms with van der Waals surface area (Å²) in [7, 11) is 0. The number of aromatic nitrogens is 2. The molecule has 0 fully saturated rings. The Balaban J connectivity index is 2.03. The molecule has 0 radical (unpaired) electrons. The number of carboxylic acids is 1. The van der Waals surface area contributed by atoms with Crippen LogP contribution in [-0.2, 0) is 16.0 Å². The van der Waals surface area contributed by atoms with Gasteiger partial charge in [-0.2, -0.15) is 0 Å². The average molecular weight is 289 g/mol. The highest BCUT2D eigenvalue weighted by atomic mass is 16.4. The lowest BCUT2D eigenvalue weighted by Gasteiger charge is -2.17. The van der Waals surface area contributed by atoms with Gasteiger partial charge in [-0.1, -0.05) is 30.3 Å². The molecule has 1 amide bonds. The van der Waals surface area contributed by atoms with Crippen molar-refractivity contribution >= 4 is 11.9 Å². The fraction of sp³-hybridized carbons (Fsp3) is 0.214. The van der Waals surface area contributed by atoms with Crippen molar-refractivity contribution in [3.63, 3.8) is 0 Å². The number of aliphatic hydroxyl groups excluding tert-OH is 1. The van der Waals surface area contributed by atoms with Crippen molar-refractivity contribution in [2.45, 2.75) is 18.6 Å². The van der Waals surface area contributed by atoms with Gasteiger partial charge in [-0.05, 0) is 5.56 Å². The molecule has 0 saturated heterocycles. The van der Waals surface area contributed by atoms with E-state index in [0.29, 0.717) is 11.3 Å². The third-order valence-electron chi connectivity index (χ3n) is 2.96. The van der Waals surface area contributed by atoms with Crippen molar-refractivity contribution in [1.82, 2.24) is 15.3 Å². The van der Waals surface area contributed by atoms with E-state index in [9.17, 15) is 14.7 Å². The predicted molar refractivity (Wildman–Crippen MR) is 73.3 cm³/mol. The molecule has 7 nitrogen and oxygen atoms in total. The highest BCUT2D eigenvalue weighted by molar-refractivity contribution is 5.87. The lowest BCUT2D eigenvalue weighted by Crippen LogP contribution is -2.44. The number of rotatable bonds is 6. The first kappa shape index (κ1) is 14.7. The van der Waals surface area contributed by atoms with Crippen molar-refractivity contribution in [2.75, 3.05) is 0 Å². The Morgan fingerprint density at radius 3 is 2.57 bits per heavy atom. The van der Waals surface area contributed by atoms with Crippen LogP contribution >= 0.6 is 0 Å². The van der Waals surface area contributed by atoms with Gasteiger partial charge in [0.05, 0.1) is 6.33 Å². The van der Waals surface area contributed by atoms with Gasteiger partial charge in [-0.15, -0.1) is 0 Å². The summed E-state index contributed by atoms with van der Waals surface area (Å²) in [5.74, 6) is -1.94. The van der Waals surface area contributed by atoms with E-state index >= 15 is 0 Å². The molecular formula is C14H15N3O4. The maximum atomic E-state index is 11.9. The summed E-state index contributed by atoms with van der Waals surface area (Å²) in [6, 6.07) is 7.17. The van der Waals surface area contributed by atoms with Crippen LogP contribution in [0, 0.1) is 0 Å². The summed E-state index contributed by atoms with van der Waals surface area (Å²) in [5.41, 5.74) is 0.984. The predicted octanol–water partition coefficient (Wildman–Crippen LogP) is 0.255. The van der Waals surface area contributed by atoms with Gasteiger partial charge in [0, 0.05) is 18.3 Å². The molecule has 0 aliphatic carbocycles. The van der Waals surface area contributed by atoms with Gasteiger partial charge in [-0.3, -0.25) is 4.79 Å². The minimum atomic E-state index is -1.41. The molecule has 0 saturated carbocycles. The van der Waals surface area contributed by atoms with E-state index in [1.807, 2.05) is 0 Å². The summed E-state index contributed by atoms with van der Waals surface area (Å²) < 4.78 is 0. The zero-order valence-electron chi connectivity index (χ0n) is 11.1. The summed E-state index contributed by atoms with van der Waals surface area (Å²) in [6.07, 6.45) is 1.56. The van der Waals surface area contributed by atoms with Crippen LogP contribution in [0.25, 0.3) is 0 Å². The van der Waals surface area contributed by atoms with E-state index in [1.165, 1.54) is 12.5 Å². The number of hydrogen-bond acceptors (Lipinski definition) is 4. The first-order chi connectivity index (χ1) is 10.1. The number of nitrogens with one attached hydrogen (secondary N) is 2. The number of imidazole rings is 1. The number of hydrogen-bond donors (Lipinski definition) is 4. The molecule has 2 aromatic rings. The van der Waals surface area contributed by atoms with Crippen LogP contribution in [0.5, 0.6) is 0 Å². The molecule has 0 bridgehead atoms. The minimum Gasteiger partial charge on any atom is -0.480 e. The van der Waals surface area contributed by atoms with Gasteiger partial charge >= 0.3 is 5.97 Å². The zero-order valence-corrected chi connectivity index (χ0v) is 11.1. The van der Waals surface area contributed by atoms with Gasteiger partial charge < -0.3 is 20.5 Å².